The minimum Gasteiger partial charge on any atom is -0.369 e. The van der Waals surface area contributed by atoms with E-state index in [4.69, 9.17) is 5.26 Å². The van der Waals surface area contributed by atoms with E-state index in [1.807, 2.05) is 13.0 Å². The number of nitrogens with zero attached hydrogens (tertiary/aromatic N) is 2. The minimum absolute atomic E-state index is 0.591. The van der Waals surface area contributed by atoms with Crippen LogP contribution in [0.1, 0.15) is 18.9 Å². The standard InChI is InChI=1S/C11H13N3/c1-2-3-4-7-13-11-10(9-12)6-5-8-14-11/h2-3,5-6,8H,4,7H2,1H3,(H,13,14)/b3-2+. The molecule has 0 aliphatic carbocycles. The van der Waals surface area contributed by atoms with Crippen molar-refractivity contribution in [2.45, 2.75) is 13.3 Å². The molecule has 3 nitrogen and oxygen atoms in total. The third-order valence-electron chi connectivity index (χ3n) is 1.77. The molecule has 72 valence electrons. The molecular formula is C11H13N3. The number of nitrogens with one attached hydrogen (secondary N) is 1. The highest BCUT2D eigenvalue weighted by molar-refractivity contribution is 5.51. The van der Waals surface area contributed by atoms with E-state index in [0.717, 1.165) is 13.0 Å². The molecule has 0 unspecified atom stereocenters. The smallest absolute Gasteiger partial charge is 0.143 e. The van der Waals surface area contributed by atoms with Gasteiger partial charge in [-0.25, -0.2) is 4.98 Å². The maximum atomic E-state index is 8.78. The molecule has 0 saturated heterocycles. The highest BCUT2D eigenvalue weighted by Gasteiger charge is 1.99. The van der Waals surface area contributed by atoms with Crippen molar-refractivity contribution in [3.63, 3.8) is 0 Å². The second-order valence-electron chi connectivity index (χ2n) is 2.80. The summed E-state index contributed by atoms with van der Waals surface area (Å²) in [6.45, 7) is 2.79. The lowest BCUT2D eigenvalue weighted by Crippen LogP contribution is -2.03. The molecule has 1 aromatic heterocycles. The Bertz CT molecular complexity index is 350. The van der Waals surface area contributed by atoms with Gasteiger partial charge in [-0.3, -0.25) is 0 Å². The number of pyridine rings is 1. The molecule has 0 fully saturated rings. The molecule has 14 heavy (non-hydrogen) atoms. The quantitative estimate of drug-likeness (QED) is 0.581. The van der Waals surface area contributed by atoms with Crippen LogP contribution in [0, 0.1) is 11.3 Å². The van der Waals surface area contributed by atoms with Crippen LogP contribution in [0.2, 0.25) is 0 Å². The van der Waals surface area contributed by atoms with Crippen LogP contribution in [-0.4, -0.2) is 11.5 Å². The lowest BCUT2D eigenvalue weighted by atomic mass is 10.3. The van der Waals surface area contributed by atoms with Crippen LogP contribution in [0.5, 0.6) is 0 Å². The third kappa shape index (κ3) is 2.91. The van der Waals surface area contributed by atoms with Gasteiger partial charge in [-0.15, -0.1) is 0 Å². The average molecular weight is 187 g/mol. The van der Waals surface area contributed by atoms with E-state index in [9.17, 15) is 0 Å². The van der Waals surface area contributed by atoms with Gasteiger partial charge in [0.15, 0.2) is 0 Å². The molecule has 0 aliphatic heterocycles. The molecule has 0 radical (unpaired) electrons. The molecule has 0 amide bonds. The molecule has 0 atom stereocenters. The van der Waals surface area contributed by atoms with Crippen LogP contribution < -0.4 is 5.32 Å². The Labute approximate surface area is 84.1 Å². The van der Waals surface area contributed by atoms with E-state index in [1.54, 1.807) is 18.3 Å². The van der Waals surface area contributed by atoms with Gasteiger partial charge in [0.2, 0.25) is 0 Å². The summed E-state index contributed by atoms with van der Waals surface area (Å²) in [5.41, 5.74) is 0.591. The van der Waals surface area contributed by atoms with Gasteiger partial charge in [0, 0.05) is 12.7 Å². The van der Waals surface area contributed by atoms with Crippen molar-refractivity contribution in [2.75, 3.05) is 11.9 Å². The maximum Gasteiger partial charge on any atom is 0.143 e. The van der Waals surface area contributed by atoms with E-state index in [-0.39, 0.29) is 0 Å². The first kappa shape index (κ1) is 10.3. The second kappa shape index (κ2) is 5.76. The van der Waals surface area contributed by atoms with Crippen LogP contribution in [0.3, 0.4) is 0 Å². The lowest BCUT2D eigenvalue weighted by Gasteiger charge is -2.04. The molecule has 1 rings (SSSR count). The van der Waals surface area contributed by atoms with Crippen molar-refractivity contribution < 1.29 is 0 Å². The number of allylic oxidation sites excluding steroid dienone is 1. The van der Waals surface area contributed by atoms with Gasteiger partial charge < -0.3 is 5.32 Å². The van der Waals surface area contributed by atoms with E-state index in [2.05, 4.69) is 22.4 Å². The monoisotopic (exact) mass is 187 g/mol. The first-order valence-corrected chi connectivity index (χ1v) is 4.58. The number of aromatic nitrogens is 1. The fourth-order valence-electron chi connectivity index (χ4n) is 1.08. The summed E-state index contributed by atoms with van der Waals surface area (Å²) in [7, 11) is 0. The number of anilines is 1. The minimum atomic E-state index is 0.591. The van der Waals surface area contributed by atoms with Gasteiger partial charge in [-0.1, -0.05) is 12.2 Å². The van der Waals surface area contributed by atoms with Crippen LogP contribution >= 0.6 is 0 Å². The van der Waals surface area contributed by atoms with Gasteiger partial charge >= 0.3 is 0 Å². The Balaban J connectivity index is 2.54. The Morgan fingerprint density at radius 3 is 3.21 bits per heavy atom. The van der Waals surface area contributed by atoms with Gasteiger partial charge in [-0.05, 0) is 25.5 Å². The molecule has 0 bridgehead atoms. The first-order chi connectivity index (χ1) is 6.88. The second-order valence-corrected chi connectivity index (χ2v) is 2.80. The van der Waals surface area contributed by atoms with Crippen molar-refractivity contribution in [1.82, 2.24) is 4.98 Å². The lowest BCUT2D eigenvalue weighted by molar-refractivity contribution is 1.04. The van der Waals surface area contributed by atoms with Gasteiger partial charge in [0.25, 0.3) is 0 Å². The Hall–Kier alpha value is -1.82. The third-order valence-corrected chi connectivity index (χ3v) is 1.77. The summed E-state index contributed by atoms with van der Waals surface area (Å²) in [5, 5.41) is 11.9. The van der Waals surface area contributed by atoms with Crippen molar-refractivity contribution in [1.29, 1.82) is 5.26 Å². The van der Waals surface area contributed by atoms with Gasteiger partial charge in [0.05, 0.1) is 5.56 Å². The van der Waals surface area contributed by atoms with Gasteiger partial charge in [0.1, 0.15) is 11.9 Å². The van der Waals surface area contributed by atoms with E-state index >= 15 is 0 Å². The fourth-order valence-corrected chi connectivity index (χ4v) is 1.08. The summed E-state index contributed by atoms with van der Waals surface area (Å²) in [6, 6.07) is 5.61. The SMILES string of the molecule is C/C=C/CCNc1ncccc1C#N. The predicted molar refractivity (Wildman–Crippen MR) is 56.9 cm³/mol. The largest absolute Gasteiger partial charge is 0.369 e. The summed E-state index contributed by atoms with van der Waals surface area (Å²) in [5.74, 6) is 0.666. The zero-order valence-corrected chi connectivity index (χ0v) is 8.20. The molecule has 0 aliphatic rings. The molecule has 0 spiro atoms. The number of hydrogen-bond acceptors (Lipinski definition) is 3. The van der Waals surface area contributed by atoms with Gasteiger partial charge in [-0.2, -0.15) is 5.26 Å². The van der Waals surface area contributed by atoms with Crippen molar-refractivity contribution in [3.8, 4) is 6.07 Å². The van der Waals surface area contributed by atoms with Crippen molar-refractivity contribution >= 4 is 5.82 Å². The first-order valence-electron chi connectivity index (χ1n) is 4.58. The maximum absolute atomic E-state index is 8.78. The summed E-state index contributed by atoms with van der Waals surface area (Å²) < 4.78 is 0. The topological polar surface area (TPSA) is 48.7 Å². The average Bonchev–Trinajstić information content (AvgIpc) is 2.25. The highest BCUT2D eigenvalue weighted by atomic mass is 15.0. The van der Waals surface area contributed by atoms with Crippen LogP contribution in [0.25, 0.3) is 0 Å². The number of nitriles is 1. The zero-order chi connectivity index (χ0) is 10.2. The molecule has 1 heterocycles. The van der Waals surface area contributed by atoms with Crippen LogP contribution in [0.4, 0.5) is 5.82 Å². The zero-order valence-electron chi connectivity index (χ0n) is 8.20. The molecule has 1 N–H and O–H groups in total. The Morgan fingerprint density at radius 2 is 2.50 bits per heavy atom. The fraction of sp³-hybridized carbons (Fsp3) is 0.273. The normalized spacial score (nSPS) is 10.0. The molecular weight excluding hydrogens is 174 g/mol. The number of rotatable bonds is 4. The van der Waals surface area contributed by atoms with Crippen molar-refractivity contribution in [3.05, 3.63) is 36.0 Å². The number of hydrogen-bond donors (Lipinski definition) is 1. The summed E-state index contributed by atoms with van der Waals surface area (Å²) in [6.07, 6.45) is 6.70. The van der Waals surface area contributed by atoms with E-state index in [0.29, 0.717) is 11.4 Å². The van der Waals surface area contributed by atoms with E-state index in [1.165, 1.54) is 0 Å². The van der Waals surface area contributed by atoms with Crippen LogP contribution in [-0.2, 0) is 0 Å². The Morgan fingerprint density at radius 1 is 1.64 bits per heavy atom. The van der Waals surface area contributed by atoms with E-state index < -0.39 is 0 Å². The molecule has 0 aromatic carbocycles. The van der Waals surface area contributed by atoms with Crippen LogP contribution in [0.15, 0.2) is 30.5 Å². The molecule has 3 heteroatoms. The van der Waals surface area contributed by atoms with Crippen molar-refractivity contribution in [2.24, 2.45) is 0 Å². The summed E-state index contributed by atoms with van der Waals surface area (Å²) >= 11 is 0. The summed E-state index contributed by atoms with van der Waals surface area (Å²) in [4.78, 5) is 4.09. The molecule has 1 aromatic rings. The Kier molecular flexibility index (Phi) is 4.22. The highest BCUT2D eigenvalue weighted by Crippen LogP contribution is 2.08. The predicted octanol–water partition coefficient (Wildman–Crippen LogP) is 2.33. The molecule has 0 saturated carbocycles.